The first-order valence-corrected chi connectivity index (χ1v) is 4.30. The van der Waals surface area contributed by atoms with Gasteiger partial charge in [0.15, 0.2) is 0 Å². The first kappa shape index (κ1) is 6.62. The Kier molecular flexibility index (Phi) is 1.46. The molecule has 2 rings (SSSR count). The molecule has 58 valence electrons. The molecule has 4 atom stereocenters. The van der Waals surface area contributed by atoms with Crippen LogP contribution in [0, 0.1) is 11.8 Å². The second-order valence-electron chi connectivity index (χ2n) is 3.84. The second kappa shape index (κ2) is 2.21. The summed E-state index contributed by atoms with van der Waals surface area (Å²) in [6.07, 6.45) is 5.02. The van der Waals surface area contributed by atoms with Crippen molar-refractivity contribution in [2.45, 2.75) is 37.8 Å². The van der Waals surface area contributed by atoms with E-state index in [1.165, 1.54) is 25.7 Å². The fraction of sp³-hybridized carbons (Fsp3) is 1.00. The lowest BCUT2D eigenvalue weighted by molar-refractivity contribution is -0.434. The maximum Gasteiger partial charge on any atom is 0.111 e. The molecular formula is C8H16NO+. The van der Waals surface area contributed by atoms with E-state index < -0.39 is 0 Å². The van der Waals surface area contributed by atoms with Gasteiger partial charge < -0.3 is 10.8 Å². The van der Waals surface area contributed by atoms with Gasteiger partial charge in [-0.1, -0.05) is 6.42 Å². The zero-order valence-electron chi connectivity index (χ0n) is 6.29. The van der Waals surface area contributed by atoms with Crippen molar-refractivity contribution in [1.29, 1.82) is 0 Å². The maximum atomic E-state index is 9.61. The molecule has 2 saturated carbocycles. The van der Waals surface area contributed by atoms with Gasteiger partial charge in [0.2, 0.25) is 0 Å². The van der Waals surface area contributed by atoms with E-state index in [0.717, 1.165) is 5.92 Å². The average Bonchev–Trinajstić information content (AvgIpc) is 2.41. The number of quaternary nitrogens is 1. The van der Waals surface area contributed by atoms with Crippen LogP contribution in [0.4, 0.5) is 0 Å². The Morgan fingerprint density at radius 2 is 2.10 bits per heavy atom. The van der Waals surface area contributed by atoms with E-state index in [1.807, 2.05) is 0 Å². The first-order valence-electron chi connectivity index (χ1n) is 4.30. The molecular weight excluding hydrogens is 126 g/mol. The molecule has 0 aliphatic heterocycles. The predicted octanol–water partition coefficient (Wildman–Crippen LogP) is -0.222. The smallest absolute Gasteiger partial charge is 0.111 e. The Labute approximate surface area is 61.4 Å². The van der Waals surface area contributed by atoms with Crippen molar-refractivity contribution in [2.24, 2.45) is 11.8 Å². The molecule has 2 aliphatic rings. The van der Waals surface area contributed by atoms with E-state index in [9.17, 15) is 5.11 Å². The number of aliphatic hydroxyl groups is 1. The average molecular weight is 142 g/mol. The summed E-state index contributed by atoms with van der Waals surface area (Å²) in [5, 5.41) is 9.61. The minimum atomic E-state index is -0.0764. The molecule has 2 aliphatic carbocycles. The third kappa shape index (κ3) is 0.789. The van der Waals surface area contributed by atoms with Gasteiger partial charge in [0, 0.05) is 6.42 Å². The summed E-state index contributed by atoms with van der Waals surface area (Å²) in [7, 11) is 0. The summed E-state index contributed by atoms with van der Waals surface area (Å²) >= 11 is 0. The normalized spacial score (nSPS) is 53.4. The van der Waals surface area contributed by atoms with Crippen molar-refractivity contribution in [3.63, 3.8) is 0 Å². The van der Waals surface area contributed by atoms with Crippen molar-refractivity contribution in [2.75, 3.05) is 0 Å². The SMILES string of the molecule is [NH3+]C1CC2CCCC2C1O. The lowest BCUT2D eigenvalue weighted by Gasteiger charge is -2.11. The number of hydrogen-bond donors (Lipinski definition) is 2. The standard InChI is InChI=1S/C8H15NO/c9-7-4-5-2-1-3-6(5)8(7)10/h5-8,10H,1-4,9H2/p+1. The van der Waals surface area contributed by atoms with Crippen LogP contribution in [-0.4, -0.2) is 17.3 Å². The molecule has 0 heterocycles. The number of hydrogen-bond acceptors (Lipinski definition) is 1. The largest absolute Gasteiger partial charge is 0.387 e. The third-order valence-electron chi connectivity index (χ3n) is 3.25. The summed E-state index contributed by atoms with van der Waals surface area (Å²) in [4.78, 5) is 0. The van der Waals surface area contributed by atoms with E-state index in [4.69, 9.17) is 0 Å². The van der Waals surface area contributed by atoms with Gasteiger partial charge in [-0.05, 0) is 24.7 Å². The minimum absolute atomic E-state index is 0.0764. The van der Waals surface area contributed by atoms with Crippen LogP contribution in [-0.2, 0) is 0 Å². The van der Waals surface area contributed by atoms with Crippen LogP contribution in [0.3, 0.4) is 0 Å². The van der Waals surface area contributed by atoms with Crippen molar-refractivity contribution in [3.05, 3.63) is 0 Å². The van der Waals surface area contributed by atoms with Gasteiger partial charge in [0.25, 0.3) is 0 Å². The van der Waals surface area contributed by atoms with Gasteiger partial charge >= 0.3 is 0 Å². The molecule has 2 fully saturated rings. The van der Waals surface area contributed by atoms with E-state index in [1.54, 1.807) is 0 Å². The molecule has 0 saturated heterocycles. The van der Waals surface area contributed by atoms with Gasteiger partial charge in [0.1, 0.15) is 12.1 Å². The van der Waals surface area contributed by atoms with Crippen molar-refractivity contribution in [3.8, 4) is 0 Å². The second-order valence-corrected chi connectivity index (χ2v) is 3.84. The van der Waals surface area contributed by atoms with Gasteiger partial charge in [-0.3, -0.25) is 0 Å². The summed E-state index contributed by atoms with van der Waals surface area (Å²) in [6.45, 7) is 0. The van der Waals surface area contributed by atoms with E-state index >= 15 is 0 Å². The highest BCUT2D eigenvalue weighted by atomic mass is 16.3. The highest BCUT2D eigenvalue weighted by Gasteiger charge is 2.44. The highest BCUT2D eigenvalue weighted by Crippen LogP contribution is 2.42. The van der Waals surface area contributed by atoms with Crippen LogP contribution in [0.25, 0.3) is 0 Å². The third-order valence-corrected chi connectivity index (χ3v) is 3.25. The highest BCUT2D eigenvalue weighted by molar-refractivity contribution is 4.93. The van der Waals surface area contributed by atoms with E-state index in [-0.39, 0.29) is 6.10 Å². The maximum absolute atomic E-state index is 9.61. The van der Waals surface area contributed by atoms with Crippen molar-refractivity contribution in [1.82, 2.24) is 0 Å². The molecule has 0 spiro atoms. The van der Waals surface area contributed by atoms with Gasteiger partial charge in [-0.2, -0.15) is 0 Å². The van der Waals surface area contributed by atoms with Gasteiger partial charge in [0.05, 0.1) is 0 Å². The zero-order valence-corrected chi connectivity index (χ0v) is 6.29. The molecule has 0 bridgehead atoms. The Bertz CT molecular complexity index is 135. The van der Waals surface area contributed by atoms with E-state index in [2.05, 4.69) is 5.73 Å². The zero-order chi connectivity index (χ0) is 7.14. The quantitative estimate of drug-likeness (QED) is 0.482. The van der Waals surface area contributed by atoms with Crippen molar-refractivity contribution >= 4 is 0 Å². The Morgan fingerprint density at radius 3 is 2.80 bits per heavy atom. The Hall–Kier alpha value is -0.0800. The molecule has 2 heteroatoms. The predicted molar refractivity (Wildman–Crippen MR) is 38.1 cm³/mol. The molecule has 4 unspecified atom stereocenters. The molecule has 0 radical (unpaired) electrons. The summed E-state index contributed by atoms with van der Waals surface area (Å²) < 4.78 is 0. The fourth-order valence-electron chi connectivity index (χ4n) is 2.69. The first-order chi connectivity index (χ1) is 4.79. The molecule has 10 heavy (non-hydrogen) atoms. The van der Waals surface area contributed by atoms with Gasteiger partial charge in [-0.15, -0.1) is 0 Å². The fourth-order valence-corrected chi connectivity index (χ4v) is 2.69. The Balaban J connectivity index is 2.09. The Morgan fingerprint density at radius 1 is 1.30 bits per heavy atom. The minimum Gasteiger partial charge on any atom is -0.387 e. The molecule has 0 aromatic heterocycles. The molecule has 0 aromatic rings. The molecule has 2 nitrogen and oxygen atoms in total. The molecule has 0 amide bonds. The van der Waals surface area contributed by atoms with Crippen LogP contribution >= 0.6 is 0 Å². The van der Waals surface area contributed by atoms with Crippen LogP contribution in [0.1, 0.15) is 25.7 Å². The lowest BCUT2D eigenvalue weighted by atomic mass is 9.99. The van der Waals surface area contributed by atoms with Crippen LogP contribution < -0.4 is 5.73 Å². The number of fused-ring (bicyclic) bond motifs is 1. The molecule has 4 N–H and O–H groups in total. The summed E-state index contributed by atoms with van der Waals surface area (Å²) in [6, 6.07) is 0.329. The van der Waals surface area contributed by atoms with Gasteiger partial charge in [-0.25, -0.2) is 0 Å². The van der Waals surface area contributed by atoms with Crippen LogP contribution in [0.15, 0.2) is 0 Å². The summed E-state index contributed by atoms with van der Waals surface area (Å²) in [5.74, 6) is 1.43. The number of rotatable bonds is 0. The molecule has 0 aromatic carbocycles. The van der Waals surface area contributed by atoms with Crippen molar-refractivity contribution < 1.29 is 10.8 Å². The van der Waals surface area contributed by atoms with Crippen LogP contribution in [0.2, 0.25) is 0 Å². The van der Waals surface area contributed by atoms with Crippen LogP contribution in [0.5, 0.6) is 0 Å². The lowest BCUT2D eigenvalue weighted by Crippen LogP contribution is -2.64. The van der Waals surface area contributed by atoms with E-state index in [0.29, 0.717) is 12.0 Å². The summed E-state index contributed by atoms with van der Waals surface area (Å²) in [5.41, 5.74) is 3.95. The number of aliphatic hydroxyl groups excluding tert-OH is 1. The monoisotopic (exact) mass is 142 g/mol. The topological polar surface area (TPSA) is 47.9 Å².